The molecule has 2 N–H and O–H groups in total. The Morgan fingerprint density at radius 1 is 1.29 bits per heavy atom. The maximum absolute atomic E-state index is 9.56. The van der Waals surface area contributed by atoms with E-state index in [1.807, 2.05) is 12.3 Å². The second kappa shape index (κ2) is 3.31. The number of aryl methyl sites for hydroxylation is 1. The molecule has 0 bridgehead atoms. The van der Waals surface area contributed by atoms with Crippen LogP contribution in [0.15, 0.2) is 23.6 Å². The monoisotopic (exact) mass is 207 g/mol. The van der Waals surface area contributed by atoms with E-state index in [1.54, 1.807) is 6.07 Å². The minimum Gasteiger partial charge on any atom is -0.508 e. The molecule has 2 rings (SSSR count). The minimum absolute atomic E-state index is 0.0512. The molecule has 3 nitrogen and oxygen atoms in total. The molecule has 0 amide bonds. The van der Waals surface area contributed by atoms with Crippen molar-refractivity contribution < 1.29 is 10.2 Å². The van der Waals surface area contributed by atoms with Gasteiger partial charge in [-0.1, -0.05) is 0 Å². The van der Waals surface area contributed by atoms with Crippen LogP contribution in [-0.2, 0) is 0 Å². The summed E-state index contributed by atoms with van der Waals surface area (Å²) in [6.07, 6.45) is 0. The highest BCUT2D eigenvalue weighted by Gasteiger charge is 2.07. The predicted octanol–water partition coefficient (Wildman–Crippen LogP) is 2.53. The SMILES string of the molecule is Cc1nc(-c2ccc(O)cc2O)cs1. The third-order valence-electron chi connectivity index (χ3n) is 1.88. The van der Waals surface area contributed by atoms with Gasteiger partial charge >= 0.3 is 0 Å². The third-order valence-corrected chi connectivity index (χ3v) is 2.65. The Balaban J connectivity index is 2.52. The molecule has 1 aromatic carbocycles. The van der Waals surface area contributed by atoms with Crippen molar-refractivity contribution in [2.45, 2.75) is 6.92 Å². The standard InChI is InChI=1S/C10H9NO2S/c1-6-11-9(5-14-6)8-3-2-7(12)4-10(8)13/h2-5,12-13H,1H3. The van der Waals surface area contributed by atoms with Crippen LogP contribution in [0.2, 0.25) is 0 Å². The van der Waals surface area contributed by atoms with Gasteiger partial charge in [-0.2, -0.15) is 0 Å². The van der Waals surface area contributed by atoms with Crippen molar-refractivity contribution in [1.82, 2.24) is 4.98 Å². The Morgan fingerprint density at radius 3 is 2.64 bits per heavy atom. The van der Waals surface area contributed by atoms with Crippen molar-refractivity contribution in [1.29, 1.82) is 0 Å². The van der Waals surface area contributed by atoms with E-state index in [-0.39, 0.29) is 11.5 Å². The van der Waals surface area contributed by atoms with E-state index >= 15 is 0 Å². The first-order valence-electron chi connectivity index (χ1n) is 4.11. The molecule has 2 aromatic rings. The third kappa shape index (κ3) is 1.56. The van der Waals surface area contributed by atoms with Gasteiger partial charge in [0.1, 0.15) is 11.5 Å². The zero-order valence-electron chi connectivity index (χ0n) is 7.56. The van der Waals surface area contributed by atoms with Gasteiger partial charge in [-0.05, 0) is 19.1 Å². The van der Waals surface area contributed by atoms with Crippen molar-refractivity contribution >= 4 is 11.3 Å². The highest BCUT2D eigenvalue weighted by atomic mass is 32.1. The number of aromatic hydroxyl groups is 2. The fourth-order valence-corrected chi connectivity index (χ4v) is 1.84. The van der Waals surface area contributed by atoms with Crippen molar-refractivity contribution in [3.8, 4) is 22.8 Å². The average molecular weight is 207 g/mol. The summed E-state index contributed by atoms with van der Waals surface area (Å²) in [5.74, 6) is 0.105. The lowest BCUT2D eigenvalue weighted by Gasteiger charge is -2.00. The van der Waals surface area contributed by atoms with E-state index in [0.717, 1.165) is 10.7 Å². The van der Waals surface area contributed by atoms with Gasteiger partial charge in [0.2, 0.25) is 0 Å². The topological polar surface area (TPSA) is 53.4 Å². The molecule has 14 heavy (non-hydrogen) atoms. The lowest BCUT2D eigenvalue weighted by atomic mass is 10.1. The summed E-state index contributed by atoms with van der Waals surface area (Å²) in [6.45, 7) is 1.91. The first-order valence-corrected chi connectivity index (χ1v) is 4.99. The summed E-state index contributed by atoms with van der Waals surface area (Å²) in [7, 11) is 0. The highest BCUT2D eigenvalue weighted by Crippen LogP contribution is 2.32. The molecule has 0 fully saturated rings. The van der Waals surface area contributed by atoms with Gasteiger partial charge in [0.15, 0.2) is 0 Å². The minimum atomic E-state index is 0.0512. The lowest BCUT2D eigenvalue weighted by molar-refractivity contribution is 0.452. The number of phenolic OH excluding ortho intramolecular Hbond substituents is 2. The zero-order chi connectivity index (χ0) is 10.1. The summed E-state index contributed by atoms with van der Waals surface area (Å²) in [5.41, 5.74) is 1.39. The van der Waals surface area contributed by atoms with E-state index in [2.05, 4.69) is 4.98 Å². The van der Waals surface area contributed by atoms with Gasteiger partial charge in [0.05, 0.1) is 10.7 Å². The largest absolute Gasteiger partial charge is 0.508 e. The first-order chi connectivity index (χ1) is 6.66. The predicted molar refractivity (Wildman–Crippen MR) is 55.6 cm³/mol. The average Bonchev–Trinajstić information content (AvgIpc) is 2.51. The van der Waals surface area contributed by atoms with Crippen LogP contribution in [-0.4, -0.2) is 15.2 Å². The van der Waals surface area contributed by atoms with Crippen LogP contribution in [0.4, 0.5) is 0 Å². The summed E-state index contributed by atoms with van der Waals surface area (Å²) in [6, 6.07) is 4.49. The number of benzene rings is 1. The number of rotatable bonds is 1. The van der Waals surface area contributed by atoms with Crippen molar-refractivity contribution in [3.05, 3.63) is 28.6 Å². The smallest absolute Gasteiger partial charge is 0.128 e. The fourth-order valence-electron chi connectivity index (χ4n) is 1.22. The molecular formula is C10H9NO2S. The van der Waals surface area contributed by atoms with Crippen LogP contribution in [0, 0.1) is 6.92 Å². The van der Waals surface area contributed by atoms with Crippen LogP contribution in [0.5, 0.6) is 11.5 Å². The number of thiazole rings is 1. The van der Waals surface area contributed by atoms with Crippen LogP contribution in [0.1, 0.15) is 5.01 Å². The van der Waals surface area contributed by atoms with E-state index < -0.39 is 0 Å². The van der Waals surface area contributed by atoms with E-state index in [1.165, 1.54) is 23.5 Å². The maximum Gasteiger partial charge on any atom is 0.128 e. The zero-order valence-corrected chi connectivity index (χ0v) is 8.38. The molecule has 0 aliphatic carbocycles. The van der Waals surface area contributed by atoms with Crippen LogP contribution < -0.4 is 0 Å². The molecule has 72 valence electrons. The molecule has 4 heteroatoms. The molecule has 0 unspecified atom stereocenters. The van der Waals surface area contributed by atoms with Crippen molar-refractivity contribution in [2.75, 3.05) is 0 Å². The van der Waals surface area contributed by atoms with Gasteiger partial charge in [-0.25, -0.2) is 4.98 Å². The Hall–Kier alpha value is -1.55. The Kier molecular flexibility index (Phi) is 2.13. The van der Waals surface area contributed by atoms with E-state index in [4.69, 9.17) is 5.11 Å². The Bertz CT molecular complexity index is 465. The molecule has 0 aliphatic heterocycles. The maximum atomic E-state index is 9.56. The van der Waals surface area contributed by atoms with Gasteiger partial charge in [-0.3, -0.25) is 0 Å². The van der Waals surface area contributed by atoms with E-state index in [9.17, 15) is 5.11 Å². The van der Waals surface area contributed by atoms with Crippen molar-refractivity contribution in [2.24, 2.45) is 0 Å². The number of hydrogen-bond acceptors (Lipinski definition) is 4. The van der Waals surface area contributed by atoms with Gasteiger partial charge in [-0.15, -0.1) is 11.3 Å². The normalized spacial score (nSPS) is 10.4. The number of nitrogens with zero attached hydrogens (tertiary/aromatic N) is 1. The fraction of sp³-hybridized carbons (Fsp3) is 0.100. The summed E-state index contributed by atoms with van der Waals surface area (Å²) in [5, 5.41) is 21.5. The highest BCUT2D eigenvalue weighted by molar-refractivity contribution is 7.09. The lowest BCUT2D eigenvalue weighted by Crippen LogP contribution is -1.79. The summed E-state index contributed by atoms with van der Waals surface area (Å²) < 4.78 is 0. The van der Waals surface area contributed by atoms with Gasteiger partial charge in [0.25, 0.3) is 0 Å². The molecule has 0 radical (unpaired) electrons. The van der Waals surface area contributed by atoms with Crippen LogP contribution in [0.3, 0.4) is 0 Å². The van der Waals surface area contributed by atoms with E-state index in [0.29, 0.717) is 5.56 Å². The Labute approximate surface area is 85.3 Å². The molecule has 1 aromatic heterocycles. The number of phenols is 2. The van der Waals surface area contributed by atoms with Gasteiger partial charge < -0.3 is 10.2 Å². The van der Waals surface area contributed by atoms with Gasteiger partial charge in [0, 0.05) is 17.0 Å². The molecule has 0 aliphatic rings. The second-order valence-corrected chi connectivity index (χ2v) is 4.02. The first kappa shape index (κ1) is 9.02. The summed E-state index contributed by atoms with van der Waals surface area (Å²) in [4.78, 5) is 4.25. The second-order valence-electron chi connectivity index (χ2n) is 2.95. The summed E-state index contributed by atoms with van der Waals surface area (Å²) >= 11 is 1.53. The molecule has 0 spiro atoms. The van der Waals surface area contributed by atoms with Crippen LogP contribution in [0.25, 0.3) is 11.3 Å². The molecule has 0 saturated carbocycles. The quantitative estimate of drug-likeness (QED) is 0.755. The molecule has 0 atom stereocenters. The number of aromatic nitrogens is 1. The molecule has 1 heterocycles. The molecular weight excluding hydrogens is 198 g/mol. The van der Waals surface area contributed by atoms with Crippen LogP contribution >= 0.6 is 11.3 Å². The number of hydrogen-bond donors (Lipinski definition) is 2. The molecule has 0 saturated heterocycles. The van der Waals surface area contributed by atoms with Crippen molar-refractivity contribution in [3.63, 3.8) is 0 Å². The Morgan fingerprint density at radius 2 is 2.07 bits per heavy atom.